The standard InChI is InChI=1S/C11H18N4O3/c1-5-4-15(6(2)14-10(5)13)11-9(17)8(16)7(3-12)18-11/h4,7-9,11,16-17H,2-3,12H2,1H3,(H2,13,14)/t7-,8?,9+,11-/m1/s1. The molecule has 0 bridgehead atoms. The van der Waals surface area contributed by atoms with Crippen LogP contribution in [0.2, 0.25) is 0 Å². The van der Waals surface area contributed by atoms with Crippen LogP contribution in [0, 0.1) is 0 Å². The van der Waals surface area contributed by atoms with E-state index in [0.29, 0.717) is 11.7 Å². The van der Waals surface area contributed by atoms with E-state index < -0.39 is 24.5 Å². The number of nitrogens with two attached hydrogens (primary N) is 2. The van der Waals surface area contributed by atoms with Crippen LogP contribution < -0.4 is 11.5 Å². The monoisotopic (exact) mass is 254 g/mol. The van der Waals surface area contributed by atoms with Crippen molar-refractivity contribution in [3.8, 4) is 0 Å². The molecule has 2 rings (SSSR count). The van der Waals surface area contributed by atoms with Gasteiger partial charge in [0.2, 0.25) is 0 Å². The third-order valence-corrected chi connectivity index (χ3v) is 3.13. The topological polar surface area (TPSA) is 117 Å². The van der Waals surface area contributed by atoms with Gasteiger partial charge >= 0.3 is 0 Å². The van der Waals surface area contributed by atoms with Crippen molar-refractivity contribution in [1.29, 1.82) is 0 Å². The molecule has 2 aliphatic heterocycles. The molecular weight excluding hydrogens is 236 g/mol. The van der Waals surface area contributed by atoms with Crippen molar-refractivity contribution in [3.63, 3.8) is 0 Å². The minimum atomic E-state index is -1.08. The van der Waals surface area contributed by atoms with E-state index >= 15 is 0 Å². The number of hydrogen-bond acceptors (Lipinski definition) is 7. The molecule has 0 aromatic heterocycles. The molecular formula is C11H18N4O3. The molecule has 0 radical (unpaired) electrons. The number of aliphatic hydroxyl groups excluding tert-OH is 2. The van der Waals surface area contributed by atoms with Crippen LogP contribution >= 0.6 is 0 Å². The van der Waals surface area contributed by atoms with Crippen molar-refractivity contribution < 1.29 is 14.9 Å². The molecule has 7 nitrogen and oxygen atoms in total. The van der Waals surface area contributed by atoms with Gasteiger partial charge in [0.05, 0.1) is 0 Å². The molecule has 0 spiro atoms. The molecule has 0 aromatic rings. The summed E-state index contributed by atoms with van der Waals surface area (Å²) in [4.78, 5) is 5.60. The first-order valence-electron chi connectivity index (χ1n) is 5.67. The number of aliphatic imine (C=N–C) groups is 1. The largest absolute Gasteiger partial charge is 0.387 e. The summed E-state index contributed by atoms with van der Waals surface area (Å²) in [7, 11) is 0. The van der Waals surface area contributed by atoms with E-state index in [1.807, 2.05) is 0 Å². The van der Waals surface area contributed by atoms with Gasteiger partial charge in [-0.2, -0.15) is 0 Å². The van der Waals surface area contributed by atoms with Gasteiger partial charge in [0, 0.05) is 18.3 Å². The average Bonchev–Trinajstić information content (AvgIpc) is 2.61. The lowest BCUT2D eigenvalue weighted by Gasteiger charge is -2.31. The van der Waals surface area contributed by atoms with E-state index in [-0.39, 0.29) is 6.54 Å². The molecule has 4 atom stereocenters. The predicted molar refractivity (Wildman–Crippen MR) is 66.1 cm³/mol. The number of nitrogens with zero attached hydrogens (tertiary/aromatic N) is 2. The van der Waals surface area contributed by atoms with Crippen LogP contribution in [-0.2, 0) is 4.74 Å². The smallest absolute Gasteiger partial charge is 0.164 e. The summed E-state index contributed by atoms with van der Waals surface area (Å²) in [5.74, 6) is 0.728. The molecule has 18 heavy (non-hydrogen) atoms. The van der Waals surface area contributed by atoms with Crippen LogP contribution in [0.1, 0.15) is 6.92 Å². The van der Waals surface area contributed by atoms with Crippen LogP contribution in [-0.4, -0.2) is 52.0 Å². The van der Waals surface area contributed by atoms with E-state index in [0.717, 1.165) is 5.57 Å². The molecule has 7 heteroatoms. The van der Waals surface area contributed by atoms with Crippen molar-refractivity contribution in [3.05, 3.63) is 24.2 Å². The number of amidine groups is 1. The van der Waals surface area contributed by atoms with Crippen molar-refractivity contribution >= 4 is 5.84 Å². The lowest BCUT2D eigenvalue weighted by Crippen LogP contribution is -2.42. The Morgan fingerprint density at radius 3 is 2.72 bits per heavy atom. The molecule has 0 saturated carbocycles. The maximum Gasteiger partial charge on any atom is 0.164 e. The van der Waals surface area contributed by atoms with Gasteiger partial charge in [-0.15, -0.1) is 0 Å². The summed E-state index contributed by atoms with van der Waals surface area (Å²) >= 11 is 0. The maximum absolute atomic E-state index is 9.96. The van der Waals surface area contributed by atoms with Gasteiger partial charge in [0.15, 0.2) is 6.23 Å². The minimum absolute atomic E-state index is 0.128. The maximum atomic E-state index is 9.96. The Balaban J connectivity index is 2.21. The Morgan fingerprint density at radius 1 is 1.50 bits per heavy atom. The molecule has 0 aliphatic carbocycles. The molecule has 1 unspecified atom stereocenters. The van der Waals surface area contributed by atoms with Gasteiger partial charge in [-0.1, -0.05) is 6.58 Å². The third kappa shape index (κ3) is 2.01. The minimum Gasteiger partial charge on any atom is -0.387 e. The number of ether oxygens (including phenoxy) is 1. The van der Waals surface area contributed by atoms with E-state index in [1.165, 1.54) is 0 Å². The summed E-state index contributed by atoms with van der Waals surface area (Å²) in [6, 6.07) is 0. The molecule has 2 heterocycles. The Bertz CT molecular complexity index is 421. The fourth-order valence-corrected chi connectivity index (χ4v) is 2.01. The average molecular weight is 254 g/mol. The third-order valence-electron chi connectivity index (χ3n) is 3.13. The van der Waals surface area contributed by atoms with Gasteiger partial charge < -0.3 is 31.3 Å². The highest BCUT2D eigenvalue weighted by atomic mass is 16.6. The predicted octanol–water partition coefficient (Wildman–Crippen LogP) is -1.56. The van der Waals surface area contributed by atoms with E-state index in [4.69, 9.17) is 16.2 Å². The van der Waals surface area contributed by atoms with Gasteiger partial charge in [-0.25, -0.2) is 4.99 Å². The van der Waals surface area contributed by atoms with Crippen molar-refractivity contribution in [2.45, 2.75) is 31.5 Å². The Kier molecular flexibility index (Phi) is 3.40. The first kappa shape index (κ1) is 13.0. The second-order valence-corrected chi connectivity index (χ2v) is 4.41. The summed E-state index contributed by atoms with van der Waals surface area (Å²) in [5.41, 5.74) is 11.9. The highest BCUT2D eigenvalue weighted by Crippen LogP contribution is 2.28. The number of hydrogen-bond donors (Lipinski definition) is 4. The van der Waals surface area contributed by atoms with Crippen LogP contribution in [0.3, 0.4) is 0 Å². The Labute approximate surface area is 105 Å². The van der Waals surface area contributed by atoms with Gasteiger partial charge in [-0.05, 0) is 6.92 Å². The summed E-state index contributed by atoms with van der Waals surface area (Å²) in [6.07, 6.45) is -1.77. The summed E-state index contributed by atoms with van der Waals surface area (Å²) in [5, 5.41) is 19.7. The highest BCUT2D eigenvalue weighted by Gasteiger charge is 2.45. The molecule has 1 fully saturated rings. The highest BCUT2D eigenvalue weighted by molar-refractivity contribution is 5.97. The van der Waals surface area contributed by atoms with Crippen molar-refractivity contribution in [2.24, 2.45) is 16.5 Å². The van der Waals surface area contributed by atoms with Crippen molar-refractivity contribution in [2.75, 3.05) is 6.54 Å². The van der Waals surface area contributed by atoms with Gasteiger partial charge in [0.1, 0.15) is 30.0 Å². The zero-order valence-electron chi connectivity index (χ0n) is 10.2. The summed E-state index contributed by atoms with van der Waals surface area (Å²) in [6.45, 7) is 5.66. The second kappa shape index (κ2) is 4.69. The SMILES string of the molecule is C=C1N=C(N)C(C)=CN1[C@@H]1O[C@H](CN)C(O)[C@@H]1O. The van der Waals surface area contributed by atoms with Gasteiger partial charge in [0.25, 0.3) is 0 Å². The Hall–Kier alpha value is -1.41. The first-order valence-corrected chi connectivity index (χ1v) is 5.67. The molecule has 2 aliphatic rings. The van der Waals surface area contributed by atoms with Crippen LogP contribution in [0.25, 0.3) is 0 Å². The van der Waals surface area contributed by atoms with E-state index in [1.54, 1.807) is 18.0 Å². The Morgan fingerprint density at radius 2 is 2.17 bits per heavy atom. The lowest BCUT2D eigenvalue weighted by molar-refractivity contribution is -0.0555. The normalized spacial score (nSPS) is 36.7. The van der Waals surface area contributed by atoms with Crippen LogP contribution in [0.5, 0.6) is 0 Å². The van der Waals surface area contributed by atoms with E-state index in [2.05, 4.69) is 11.6 Å². The summed E-state index contributed by atoms with van der Waals surface area (Å²) < 4.78 is 5.51. The molecule has 1 saturated heterocycles. The van der Waals surface area contributed by atoms with E-state index in [9.17, 15) is 10.2 Å². The van der Waals surface area contributed by atoms with Gasteiger partial charge in [-0.3, -0.25) is 0 Å². The fourth-order valence-electron chi connectivity index (χ4n) is 2.01. The quantitative estimate of drug-likeness (QED) is 0.473. The number of rotatable bonds is 2. The molecule has 0 aromatic carbocycles. The van der Waals surface area contributed by atoms with Crippen LogP contribution in [0.4, 0.5) is 0 Å². The lowest BCUT2D eigenvalue weighted by atomic mass is 10.1. The first-order chi connectivity index (χ1) is 8.45. The molecule has 0 amide bonds. The van der Waals surface area contributed by atoms with Crippen molar-refractivity contribution in [1.82, 2.24) is 4.90 Å². The van der Waals surface area contributed by atoms with Crippen LogP contribution in [0.15, 0.2) is 29.2 Å². The molecule has 100 valence electrons. The molecule has 6 N–H and O–H groups in total. The zero-order valence-corrected chi connectivity index (χ0v) is 10.2. The number of aliphatic hydroxyl groups is 2. The second-order valence-electron chi connectivity index (χ2n) is 4.41. The zero-order chi connectivity index (χ0) is 13.4. The fraction of sp³-hybridized carbons (Fsp3) is 0.545.